The van der Waals surface area contributed by atoms with E-state index >= 15 is 0 Å². The molecule has 3 fully saturated rings. The number of hydrogen-bond donors (Lipinski definition) is 0. The second-order valence-electron chi connectivity index (χ2n) is 9.82. The molecule has 1 aliphatic carbocycles. The number of halogens is 2. The van der Waals surface area contributed by atoms with Gasteiger partial charge in [0.2, 0.25) is 0 Å². The van der Waals surface area contributed by atoms with Gasteiger partial charge in [0.25, 0.3) is 0 Å². The predicted octanol–water partition coefficient (Wildman–Crippen LogP) is 4.83. The van der Waals surface area contributed by atoms with Crippen molar-refractivity contribution in [2.75, 3.05) is 37.6 Å². The van der Waals surface area contributed by atoms with Gasteiger partial charge in [-0.2, -0.15) is 0 Å². The minimum Gasteiger partial charge on any atom is -0.862 e. The lowest BCUT2D eigenvalue weighted by Gasteiger charge is -2.26. The van der Waals surface area contributed by atoms with Crippen LogP contribution in [0.25, 0.3) is 0 Å². The Morgan fingerprint density at radius 1 is 1.03 bits per heavy atom. The van der Waals surface area contributed by atoms with Gasteiger partial charge >= 0.3 is 0 Å². The van der Waals surface area contributed by atoms with Crippen molar-refractivity contribution >= 4 is 34.8 Å². The van der Waals surface area contributed by atoms with Crippen LogP contribution in [0.4, 0.5) is 5.69 Å². The maximum Gasteiger partial charge on any atom is 0.138 e. The first kappa shape index (κ1) is 23.8. The van der Waals surface area contributed by atoms with E-state index in [1.165, 1.54) is 12.8 Å². The first-order valence-electron chi connectivity index (χ1n) is 12.5. The van der Waals surface area contributed by atoms with Gasteiger partial charge < -0.3 is 24.6 Å². The minimum absolute atomic E-state index is 0.0282. The fourth-order valence-corrected chi connectivity index (χ4v) is 5.33. The van der Waals surface area contributed by atoms with Gasteiger partial charge in [-0.25, -0.2) is 0 Å². The van der Waals surface area contributed by atoms with Gasteiger partial charge in [0, 0.05) is 36.3 Å². The Bertz CT molecular complexity index is 1000. The quantitative estimate of drug-likeness (QED) is 0.365. The molecule has 0 N–H and O–H groups in total. The summed E-state index contributed by atoms with van der Waals surface area (Å²) in [7, 11) is 0. The summed E-state index contributed by atoms with van der Waals surface area (Å²) in [6.07, 6.45) is 6.51. The first-order valence-corrected chi connectivity index (χ1v) is 13.2. The average Bonchev–Trinajstić information content (AvgIpc) is 3.26. The van der Waals surface area contributed by atoms with Gasteiger partial charge in [-0.15, -0.1) is 0 Å². The van der Waals surface area contributed by atoms with Crippen LogP contribution in [0.15, 0.2) is 47.5 Å². The second-order valence-corrected chi connectivity index (χ2v) is 10.7. The summed E-state index contributed by atoms with van der Waals surface area (Å²) in [6.45, 7) is 4.56. The van der Waals surface area contributed by atoms with Gasteiger partial charge in [-0.1, -0.05) is 29.3 Å². The van der Waals surface area contributed by atoms with Crippen LogP contribution in [0.3, 0.4) is 0 Å². The van der Waals surface area contributed by atoms with Crippen molar-refractivity contribution in [1.82, 2.24) is 4.90 Å². The molecule has 5 nitrogen and oxygen atoms in total. The topological polar surface area (TPSA) is 51.1 Å². The molecule has 7 heteroatoms. The summed E-state index contributed by atoms with van der Waals surface area (Å²) in [6, 6.07) is 13.8. The molecule has 34 heavy (non-hydrogen) atoms. The van der Waals surface area contributed by atoms with Crippen molar-refractivity contribution in [3.8, 4) is 5.75 Å². The Morgan fingerprint density at radius 3 is 2.50 bits per heavy atom. The second kappa shape index (κ2) is 10.8. The predicted molar refractivity (Wildman–Crippen MR) is 137 cm³/mol. The Hall–Kier alpha value is -1.95. The Balaban J connectivity index is 1.27. The highest BCUT2D eigenvalue weighted by atomic mass is 35.5. The van der Waals surface area contributed by atoms with E-state index < -0.39 is 0 Å². The minimum atomic E-state index is -0.0681. The fourth-order valence-electron chi connectivity index (χ4n) is 4.95. The fraction of sp³-hybridized carbons (Fsp3) is 0.519. The van der Waals surface area contributed by atoms with Crippen LogP contribution in [0.1, 0.15) is 37.7 Å². The van der Waals surface area contributed by atoms with E-state index in [0.717, 1.165) is 67.5 Å². The Kier molecular flexibility index (Phi) is 7.52. The van der Waals surface area contributed by atoms with Crippen molar-refractivity contribution in [1.29, 1.82) is 0 Å². The summed E-state index contributed by atoms with van der Waals surface area (Å²) in [5.41, 5.74) is 2.21. The van der Waals surface area contributed by atoms with E-state index in [4.69, 9.17) is 32.9 Å². The van der Waals surface area contributed by atoms with Gasteiger partial charge in [0.1, 0.15) is 5.75 Å². The number of hydrogen-bond acceptors (Lipinski definition) is 5. The summed E-state index contributed by atoms with van der Waals surface area (Å²) in [5, 5.41) is 14.6. The maximum atomic E-state index is 13.2. The zero-order valence-electron chi connectivity index (χ0n) is 19.5. The van der Waals surface area contributed by atoms with E-state index in [1.807, 2.05) is 36.4 Å². The molecule has 5 rings (SSSR count). The summed E-state index contributed by atoms with van der Waals surface area (Å²) in [5.74, 6) is 0.723. The van der Waals surface area contributed by atoms with Crippen LogP contribution in [-0.4, -0.2) is 55.7 Å². The zero-order valence-corrected chi connectivity index (χ0v) is 21.0. The maximum absolute atomic E-state index is 13.2. The van der Waals surface area contributed by atoms with Crippen molar-refractivity contribution in [2.45, 2.75) is 50.7 Å². The SMILES string of the molecule is [O-]C(=NC(Cc1ccc(OC2CC2)c(Cl)c1)CN1CCCC1)C1CCN(c2ccc(Cl)cc2)C1. The van der Waals surface area contributed by atoms with Crippen LogP contribution in [0, 0.1) is 5.92 Å². The van der Waals surface area contributed by atoms with Crippen LogP contribution in [-0.2, 0) is 6.42 Å². The summed E-state index contributed by atoms with van der Waals surface area (Å²) in [4.78, 5) is 9.45. The molecular weight excluding hydrogens is 469 g/mol. The molecule has 0 bridgehead atoms. The number of rotatable bonds is 9. The van der Waals surface area contributed by atoms with E-state index in [-0.39, 0.29) is 17.9 Å². The number of benzene rings is 2. The highest BCUT2D eigenvalue weighted by Crippen LogP contribution is 2.33. The average molecular weight is 501 g/mol. The first-order chi connectivity index (χ1) is 16.5. The third kappa shape index (κ3) is 6.18. The number of anilines is 1. The van der Waals surface area contributed by atoms with Crippen molar-refractivity contribution in [3.63, 3.8) is 0 Å². The lowest BCUT2D eigenvalue weighted by atomic mass is 10.0. The molecule has 1 saturated carbocycles. The molecule has 3 aliphatic rings. The van der Waals surface area contributed by atoms with Gasteiger partial charge in [-0.05, 0) is 99.5 Å². The lowest BCUT2D eigenvalue weighted by Crippen LogP contribution is -2.36. The molecule has 0 aromatic heterocycles. The number of likely N-dealkylation sites (tertiary alicyclic amines) is 1. The number of nitrogens with zero attached hydrogens (tertiary/aromatic N) is 3. The summed E-state index contributed by atoms with van der Waals surface area (Å²) >= 11 is 12.5. The highest BCUT2D eigenvalue weighted by Gasteiger charge is 2.26. The van der Waals surface area contributed by atoms with E-state index in [2.05, 4.69) is 15.9 Å². The monoisotopic (exact) mass is 500 g/mol. The smallest absolute Gasteiger partial charge is 0.138 e. The van der Waals surface area contributed by atoms with Crippen LogP contribution < -0.4 is 14.7 Å². The molecule has 0 spiro atoms. The standard InChI is InChI=1S/C27H33Cl2N3O2/c28-21-4-6-23(7-5-21)32-14-11-20(17-32)27(33)30-22(18-31-12-1-2-13-31)15-19-3-10-26(25(29)16-19)34-24-8-9-24/h3-7,10,16,20,22,24H,1-2,8-9,11-15,17-18H2,(H,30,33)/p-1. The van der Waals surface area contributed by atoms with Gasteiger partial charge in [0.05, 0.1) is 17.2 Å². The van der Waals surface area contributed by atoms with E-state index in [9.17, 15) is 5.11 Å². The number of aliphatic imine (C=N–C) groups is 1. The van der Waals surface area contributed by atoms with E-state index in [1.54, 1.807) is 0 Å². The van der Waals surface area contributed by atoms with Crippen LogP contribution in [0.5, 0.6) is 5.75 Å². The molecular formula is C27H32Cl2N3O2-. The molecule has 0 radical (unpaired) electrons. The van der Waals surface area contributed by atoms with Gasteiger partial charge in [-0.3, -0.25) is 0 Å². The zero-order chi connectivity index (χ0) is 23.5. The molecule has 2 aromatic rings. The van der Waals surface area contributed by atoms with Crippen molar-refractivity contribution in [3.05, 3.63) is 58.1 Å². The molecule has 2 saturated heterocycles. The Morgan fingerprint density at radius 2 is 1.79 bits per heavy atom. The molecule has 2 aliphatic heterocycles. The van der Waals surface area contributed by atoms with Crippen molar-refractivity contribution < 1.29 is 9.84 Å². The molecule has 2 heterocycles. The largest absolute Gasteiger partial charge is 0.862 e. The van der Waals surface area contributed by atoms with E-state index in [0.29, 0.717) is 24.1 Å². The Labute approximate surface area is 212 Å². The number of ether oxygens (including phenoxy) is 1. The van der Waals surface area contributed by atoms with Crippen LogP contribution >= 0.6 is 23.2 Å². The summed E-state index contributed by atoms with van der Waals surface area (Å²) < 4.78 is 5.88. The molecule has 2 aromatic carbocycles. The third-order valence-corrected chi connectivity index (χ3v) is 7.54. The third-order valence-electron chi connectivity index (χ3n) is 6.99. The van der Waals surface area contributed by atoms with Crippen molar-refractivity contribution in [2.24, 2.45) is 10.9 Å². The van der Waals surface area contributed by atoms with Gasteiger partial charge in [0.15, 0.2) is 0 Å². The van der Waals surface area contributed by atoms with Crippen LogP contribution in [0.2, 0.25) is 10.0 Å². The normalized spacial score (nSPS) is 22.4. The molecule has 2 unspecified atom stereocenters. The lowest BCUT2D eigenvalue weighted by molar-refractivity contribution is -0.223. The molecule has 0 amide bonds. The molecule has 2 atom stereocenters. The highest BCUT2D eigenvalue weighted by molar-refractivity contribution is 6.32. The molecule has 182 valence electrons.